The first kappa shape index (κ1) is 31.6. The molecule has 46 heavy (non-hydrogen) atoms. The number of ether oxygens (including phenoxy) is 2. The van der Waals surface area contributed by atoms with Crippen molar-refractivity contribution in [1.82, 2.24) is 15.8 Å². The van der Waals surface area contributed by atoms with Gasteiger partial charge in [-0.25, -0.2) is 0 Å². The summed E-state index contributed by atoms with van der Waals surface area (Å²) in [6.07, 6.45) is 0.919. The van der Waals surface area contributed by atoms with Crippen molar-refractivity contribution in [3.63, 3.8) is 0 Å². The van der Waals surface area contributed by atoms with Gasteiger partial charge in [-0.15, -0.1) is 11.3 Å². The smallest absolute Gasteiger partial charge is 0.274 e. The van der Waals surface area contributed by atoms with Gasteiger partial charge in [-0.1, -0.05) is 79.7 Å². The van der Waals surface area contributed by atoms with Crippen LogP contribution in [-0.4, -0.2) is 24.2 Å². The number of amides is 1. The molecule has 0 fully saturated rings. The number of carbonyl (C=O) groups is 1. The third-order valence-electron chi connectivity index (χ3n) is 8.28. The highest BCUT2D eigenvalue weighted by Crippen LogP contribution is 2.48. The van der Waals surface area contributed by atoms with Crippen molar-refractivity contribution in [2.24, 2.45) is 0 Å². The number of carbonyl (C=O) groups excluding carboxylic acids is 1. The lowest BCUT2D eigenvalue weighted by molar-refractivity contribution is 0.0947. The number of rotatable bonds is 11. The van der Waals surface area contributed by atoms with Gasteiger partial charge in [0.05, 0.1) is 11.1 Å². The van der Waals surface area contributed by atoms with Crippen LogP contribution in [0.5, 0.6) is 11.5 Å². The van der Waals surface area contributed by atoms with Gasteiger partial charge < -0.3 is 24.6 Å². The van der Waals surface area contributed by atoms with Gasteiger partial charge in [0.1, 0.15) is 24.7 Å². The number of fused-ring (bicyclic) bond motifs is 1. The average Bonchev–Trinajstić information content (AvgIpc) is 3.69. The fourth-order valence-electron chi connectivity index (χ4n) is 5.88. The first-order chi connectivity index (χ1) is 22.2. The molecule has 6 rings (SSSR count). The summed E-state index contributed by atoms with van der Waals surface area (Å²) >= 11 is 1.69. The highest BCUT2D eigenvalue weighted by molar-refractivity contribution is 7.16. The maximum Gasteiger partial charge on any atom is 0.274 e. The summed E-state index contributed by atoms with van der Waals surface area (Å²) in [6.45, 7) is 12.7. The topological polar surface area (TPSA) is 85.6 Å². The van der Waals surface area contributed by atoms with E-state index in [2.05, 4.69) is 67.8 Å². The molecular weight excluding hydrogens is 595 g/mol. The second kappa shape index (κ2) is 13.5. The van der Waals surface area contributed by atoms with E-state index in [1.165, 1.54) is 10.4 Å². The third-order valence-corrected chi connectivity index (χ3v) is 9.80. The molecule has 1 aliphatic rings. The van der Waals surface area contributed by atoms with Gasteiger partial charge in [-0.05, 0) is 67.5 Å². The summed E-state index contributed by atoms with van der Waals surface area (Å²) in [5, 5.41) is 10.9. The summed E-state index contributed by atoms with van der Waals surface area (Å²) in [5.74, 6) is 1.72. The quantitative estimate of drug-likeness (QED) is 0.151. The summed E-state index contributed by atoms with van der Waals surface area (Å²) in [5.41, 5.74) is 5.91. The lowest BCUT2D eigenvalue weighted by atomic mass is 9.93. The van der Waals surface area contributed by atoms with Crippen molar-refractivity contribution in [3.8, 4) is 33.3 Å². The number of hydrogen-bond donors (Lipinski definition) is 2. The molecule has 0 unspecified atom stereocenters. The molecule has 5 aromatic rings. The van der Waals surface area contributed by atoms with Crippen LogP contribution in [0.25, 0.3) is 21.8 Å². The number of hydrogen-bond acceptors (Lipinski definition) is 7. The van der Waals surface area contributed by atoms with Crippen molar-refractivity contribution in [1.29, 1.82) is 0 Å². The molecule has 0 saturated carbocycles. The van der Waals surface area contributed by atoms with E-state index in [0.29, 0.717) is 36.8 Å². The Morgan fingerprint density at radius 2 is 1.63 bits per heavy atom. The zero-order valence-electron chi connectivity index (χ0n) is 27.1. The Kier molecular flexibility index (Phi) is 9.29. The Balaban J connectivity index is 1.51. The zero-order chi connectivity index (χ0) is 32.3. The molecule has 0 bridgehead atoms. The first-order valence-corrected chi connectivity index (χ1v) is 16.7. The fraction of sp³-hybridized carbons (Fsp3) is 0.316. The van der Waals surface area contributed by atoms with Crippen LogP contribution in [0, 0.1) is 0 Å². The molecule has 3 heterocycles. The van der Waals surface area contributed by atoms with E-state index in [9.17, 15) is 4.79 Å². The molecule has 238 valence electrons. The van der Waals surface area contributed by atoms with Crippen molar-refractivity contribution >= 4 is 17.2 Å². The van der Waals surface area contributed by atoms with Gasteiger partial charge in [0.2, 0.25) is 0 Å². The van der Waals surface area contributed by atoms with Crippen LogP contribution in [0.4, 0.5) is 0 Å². The second-order valence-electron chi connectivity index (χ2n) is 12.5. The molecule has 0 aliphatic carbocycles. The first-order valence-electron chi connectivity index (χ1n) is 15.9. The molecule has 3 aromatic carbocycles. The maximum absolute atomic E-state index is 13.4. The van der Waals surface area contributed by atoms with E-state index in [1.54, 1.807) is 11.3 Å². The Labute approximate surface area is 274 Å². The largest absolute Gasteiger partial charge is 0.488 e. The number of thiophene rings is 1. The van der Waals surface area contributed by atoms with E-state index in [1.807, 2.05) is 61.5 Å². The van der Waals surface area contributed by atoms with E-state index in [-0.39, 0.29) is 23.1 Å². The summed E-state index contributed by atoms with van der Waals surface area (Å²) in [7, 11) is 0. The Morgan fingerprint density at radius 1 is 0.978 bits per heavy atom. The highest BCUT2D eigenvalue weighted by Gasteiger charge is 2.33. The standard InChI is InChI=1S/C38H41N3O4S/c1-6-39-37(42)34-33(32-19-27-17-18-40-38(4,5)36(27)46-32)35(45-41-34)29-20-28(24(2)3)30(43-22-25-13-9-7-10-14-25)21-31(29)44-23-26-15-11-8-12-16-26/h7-16,19-21,24,40H,6,17-18,22-23H2,1-5H3,(H,39,42). The normalized spacial score (nSPS) is 13.8. The van der Waals surface area contributed by atoms with Crippen LogP contribution in [-0.2, 0) is 25.2 Å². The average molecular weight is 636 g/mol. The van der Waals surface area contributed by atoms with Gasteiger partial charge in [-0.2, -0.15) is 0 Å². The molecule has 1 amide bonds. The molecule has 0 saturated heterocycles. The molecular formula is C38H41N3O4S. The van der Waals surface area contributed by atoms with Crippen molar-refractivity contribution in [3.05, 3.63) is 112 Å². The van der Waals surface area contributed by atoms with Crippen LogP contribution < -0.4 is 20.1 Å². The zero-order valence-corrected chi connectivity index (χ0v) is 27.9. The SMILES string of the molecule is CCNC(=O)c1noc(-c2cc(C(C)C)c(OCc3ccccc3)cc2OCc2ccccc2)c1-c1cc2c(s1)C(C)(C)NCC2. The molecule has 0 radical (unpaired) electrons. The minimum absolute atomic E-state index is 0.142. The number of nitrogens with one attached hydrogen (secondary N) is 2. The van der Waals surface area contributed by atoms with Crippen LogP contribution >= 0.6 is 11.3 Å². The molecule has 1 aliphatic heterocycles. The molecule has 2 N–H and O–H groups in total. The van der Waals surface area contributed by atoms with E-state index < -0.39 is 0 Å². The molecule has 0 spiro atoms. The Hall–Kier alpha value is -4.40. The monoisotopic (exact) mass is 635 g/mol. The predicted molar refractivity (Wildman–Crippen MR) is 184 cm³/mol. The summed E-state index contributed by atoms with van der Waals surface area (Å²) < 4.78 is 19.1. The second-order valence-corrected chi connectivity index (χ2v) is 13.5. The lowest BCUT2D eigenvalue weighted by Gasteiger charge is -2.31. The van der Waals surface area contributed by atoms with Crippen molar-refractivity contribution in [2.75, 3.05) is 13.1 Å². The van der Waals surface area contributed by atoms with Gasteiger partial charge >= 0.3 is 0 Å². The Bertz CT molecular complexity index is 1810. The van der Waals surface area contributed by atoms with Crippen LogP contribution in [0.2, 0.25) is 0 Å². The summed E-state index contributed by atoms with van der Waals surface area (Å²) in [6, 6.07) is 26.4. The molecule has 7 nitrogen and oxygen atoms in total. The number of aromatic nitrogens is 1. The number of benzene rings is 3. The van der Waals surface area contributed by atoms with Gasteiger partial charge in [0, 0.05) is 34.4 Å². The van der Waals surface area contributed by atoms with E-state index >= 15 is 0 Å². The predicted octanol–water partition coefficient (Wildman–Crippen LogP) is 8.48. The maximum atomic E-state index is 13.4. The van der Waals surface area contributed by atoms with Crippen LogP contribution in [0.3, 0.4) is 0 Å². The highest BCUT2D eigenvalue weighted by atomic mass is 32.1. The minimum Gasteiger partial charge on any atom is -0.488 e. The van der Waals surface area contributed by atoms with Crippen molar-refractivity contribution in [2.45, 2.75) is 65.7 Å². The van der Waals surface area contributed by atoms with Gasteiger partial charge in [0.25, 0.3) is 5.91 Å². The minimum atomic E-state index is -0.269. The molecule has 8 heteroatoms. The third kappa shape index (κ3) is 6.59. The lowest BCUT2D eigenvalue weighted by Crippen LogP contribution is -2.41. The Morgan fingerprint density at radius 3 is 2.24 bits per heavy atom. The van der Waals surface area contributed by atoms with Crippen molar-refractivity contribution < 1.29 is 18.8 Å². The van der Waals surface area contributed by atoms with E-state index in [0.717, 1.165) is 45.8 Å². The van der Waals surface area contributed by atoms with Gasteiger partial charge in [0.15, 0.2) is 11.5 Å². The molecule has 0 atom stereocenters. The summed E-state index contributed by atoms with van der Waals surface area (Å²) in [4.78, 5) is 15.6. The van der Waals surface area contributed by atoms with E-state index in [4.69, 9.17) is 14.0 Å². The fourth-order valence-corrected chi connectivity index (χ4v) is 7.21. The van der Waals surface area contributed by atoms with Gasteiger partial charge in [-0.3, -0.25) is 4.79 Å². The van der Waals surface area contributed by atoms with Crippen LogP contribution in [0.1, 0.15) is 78.2 Å². The van der Waals surface area contributed by atoms with Crippen LogP contribution in [0.15, 0.2) is 83.4 Å². The molecule has 2 aromatic heterocycles. The number of nitrogens with zero attached hydrogens (tertiary/aromatic N) is 1.